The second-order valence-corrected chi connectivity index (χ2v) is 6.29. The van der Waals surface area contributed by atoms with Crippen molar-refractivity contribution in [3.05, 3.63) is 35.8 Å². The largest absolute Gasteiger partial charge is 0.479 e. The molecule has 0 amide bonds. The molecule has 0 atom stereocenters. The first-order valence-electron chi connectivity index (χ1n) is 9.02. The highest BCUT2D eigenvalue weighted by Gasteiger charge is 2.25. The van der Waals surface area contributed by atoms with Crippen molar-refractivity contribution < 1.29 is 9.47 Å². The van der Waals surface area contributed by atoms with E-state index < -0.39 is 0 Å². The molecule has 0 spiro atoms. The molecule has 4 heterocycles. The fraction of sp³-hybridized carbons (Fsp3) is 0.316. The van der Waals surface area contributed by atoms with Crippen molar-refractivity contribution in [1.82, 2.24) is 24.9 Å². The Hall–Kier alpha value is -3.49. The number of nitrogens with two attached hydrogens (primary N) is 1. The average molecular weight is 379 g/mol. The third-order valence-electron chi connectivity index (χ3n) is 4.44. The summed E-state index contributed by atoms with van der Waals surface area (Å²) in [6.45, 7) is 2.09. The summed E-state index contributed by atoms with van der Waals surface area (Å²) in [5.74, 6) is 1.38. The minimum Gasteiger partial charge on any atom is -0.479 e. The molecule has 2 N–H and O–H groups in total. The Morgan fingerprint density at radius 2 is 1.93 bits per heavy atom. The van der Waals surface area contributed by atoms with Crippen molar-refractivity contribution in [2.45, 2.75) is 26.2 Å². The number of fused-ring (bicyclic) bond motifs is 2. The Kier molecular flexibility index (Phi) is 4.64. The van der Waals surface area contributed by atoms with Gasteiger partial charge in [-0.2, -0.15) is 9.97 Å². The molecule has 9 heteroatoms. The number of methoxy groups -OCH3 is 2. The molecule has 3 aromatic heterocycles. The highest BCUT2D eigenvalue weighted by molar-refractivity contribution is 5.82. The summed E-state index contributed by atoms with van der Waals surface area (Å²) < 4.78 is 10.7. The van der Waals surface area contributed by atoms with Crippen molar-refractivity contribution in [3.8, 4) is 11.9 Å². The van der Waals surface area contributed by atoms with Gasteiger partial charge in [-0.1, -0.05) is 19.4 Å². The van der Waals surface area contributed by atoms with Crippen LogP contribution < -0.4 is 20.1 Å². The summed E-state index contributed by atoms with van der Waals surface area (Å²) in [4.78, 5) is 24.2. The van der Waals surface area contributed by atoms with Crippen molar-refractivity contribution in [2.75, 3.05) is 24.9 Å². The maximum atomic E-state index is 5.85. The van der Waals surface area contributed by atoms with Crippen LogP contribution in [0.2, 0.25) is 0 Å². The fourth-order valence-corrected chi connectivity index (χ4v) is 3.24. The lowest BCUT2D eigenvalue weighted by Crippen LogP contribution is -2.19. The van der Waals surface area contributed by atoms with Gasteiger partial charge in [0.15, 0.2) is 0 Å². The predicted molar refractivity (Wildman–Crippen MR) is 106 cm³/mol. The molecule has 28 heavy (non-hydrogen) atoms. The first-order chi connectivity index (χ1) is 13.6. The van der Waals surface area contributed by atoms with Crippen LogP contribution in [0.5, 0.6) is 11.9 Å². The van der Waals surface area contributed by atoms with Crippen LogP contribution >= 0.6 is 0 Å². The molecule has 9 nitrogen and oxygen atoms in total. The Morgan fingerprint density at radius 3 is 2.68 bits per heavy atom. The van der Waals surface area contributed by atoms with Crippen LogP contribution in [-0.2, 0) is 12.8 Å². The number of aryl methyl sites for hydroxylation is 1. The van der Waals surface area contributed by atoms with Gasteiger partial charge in [-0.25, -0.2) is 15.0 Å². The van der Waals surface area contributed by atoms with E-state index in [2.05, 4.69) is 26.9 Å². The number of hydrogen-bond acceptors (Lipinski definition) is 9. The van der Waals surface area contributed by atoms with Crippen LogP contribution in [0.3, 0.4) is 0 Å². The number of hydrogen-bond donors (Lipinski definition) is 1. The molecule has 4 rings (SSSR count). The number of pyridine rings is 1. The van der Waals surface area contributed by atoms with Gasteiger partial charge in [0.1, 0.15) is 17.0 Å². The number of allylic oxidation sites excluding steroid dienone is 1. The van der Waals surface area contributed by atoms with E-state index in [9.17, 15) is 0 Å². The Labute approximate surface area is 162 Å². The molecule has 0 aromatic carbocycles. The summed E-state index contributed by atoms with van der Waals surface area (Å²) in [7, 11) is 3.10. The van der Waals surface area contributed by atoms with Crippen molar-refractivity contribution >= 4 is 28.5 Å². The highest BCUT2D eigenvalue weighted by Crippen LogP contribution is 2.38. The van der Waals surface area contributed by atoms with Crippen LogP contribution in [0.25, 0.3) is 11.0 Å². The third kappa shape index (κ3) is 3.04. The van der Waals surface area contributed by atoms with Gasteiger partial charge in [-0.05, 0) is 18.6 Å². The van der Waals surface area contributed by atoms with Gasteiger partial charge in [-0.3, -0.25) is 4.90 Å². The number of aromatic nitrogens is 5. The second kappa shape index (κ2) is 7.26. The molecular weight excluding hydrogens is 358 g/mol. The highest BCUT2D eigenvalue weighted by atomic mass is 16.5. The van der Waals surface area contributed by atoms with Crippen LogP contribution in [0.15, 0.2) is 24.4 Å². The normalized spacial score (nSPS) is 12.9. The monoisotopic (exact) mass is 379 g/mol. The van der Waals surface area contributed by atoms with Crippen molar-refractivity contribution in [3.63, 3.8) is 0 Å². The van der Waals surface area contributed by atoms with Crippen molar-refractivity contribution in [1.29, 1.82) is 0 Å². The molecule has 0 fully saturated rings. The zero-order valence-electron chi connectivity index (χ0n) is 16.0. The van der Waals surface area contributed by atoms with Gasteiger partial charge in [0.05, 0.1) is 31.1 Å². The summed E-state index contributed by atoms with van der Waals surface area (Å²) in [5.41, 5.74) is 9.69. The summed E-state index contributed by atoms with van der Waals surface area (Å²) in [5, 5.41) is 0. The Balaban J connectivity index is 1.87. The van der Waals surface area contributed by atoms with Crippen LogP contribution in [-0.4, -0.2) is 39.1 Å². The molecule has 0 bridgehead atoms. The zero-order chi connectivity index (χ0) is 19.7. The fourth-order valence-electron chi connectivity index (χ4n) is 3.24. The summed E-state index contributed by atoms with van der Waals surface area (Å²) >= 11 is 0. The number of nitrogen functional groups attached to an aromatic ring is 1. The second-order valence-electron chi connectivity index (χ2n) is 6.29. The maximum absolute atomic E-state index is 5.85. The van der Waals surface area contributed by atoms with Gasteiger partial charge in [0, 0.05) is 12.6 Å². The minimum atomic E-state index is 0.260. The molecule has 0 aliphatic carbocycles. The smallest absolute Gasteiger partial charge is 0.319 e. The molecule has 0 radical (unpaired) electrons. The van der Waals surface area contributed by atoms with E-state index in [0.29, 0.717) is 18.1 Å². The van der Waals surface area contributed by atoms with E-state index in [1.165, 1.54) is 7.11 Å². The standard InChI is InChI=1S/C19H21N7O2/c1-4-6-11-15-12(22-18(20)21-11)8-9-14(24-15)26-10-5-7-13-16(26)17(27-2)25-19(23-13)28-3/h5,8-10H,4,6-7H2,1-3H3,(H2,20,21,22). The van der Waals surface area contributed by atoms with Gasteiger partial charge >= 0.3 is 6.01 Å². The van der Waals surface area contributed by atoms with Gasteiger partial charge in [0.25, 0.3) is 0 Å². The number of nitrogens with zero attached hydrogens (tertiary/aromatic N) is 6. The number of rotatable bonds is 5. The first-order valence-corrected chi connectivity index (χ1v) is 9.02. The van der Waals surface area contributed by atoms with E-state index in [-0.39, 0.29) is 12.0 Å². The average Bonchev–Trinajstić information content (AvgIpc) is 2.72. The molecule has 144 valence electrons. The zero-order valence-corrected chi connectivity index (χ0v) is 16.0. The molecule has 3 aromatic rings. The minimum absolute atomic E-state index is 0.260. The van der Waals surface area contributed by atoms with E-state index in [0.717, 1.165) is 41.0 Å². The van der Waals surface area contributed by atoms with Crippen molar-refractivity contribution in [2.24, 2.45) is 0 Å². The lowest BCUT2D eigenvalue weighted by Gasteiger charge is -2.26. The summed E-state index contributed by atoms with van der Waals surface area (Å²) in [6, 6.07) is 4.05. The van der Waals surface area contributed by atoms with Gasteiger partial charge in [0.2, 0.25) is 11.8 Å². The first kappa shape index (κ1) is 17.9. The van der Waals surface area contributed by atoms with E-state index >= 15 is 0 Å². The maximum Gasteiger partial charge on any atom is 0.319 e. The quantitative estimate of drug-likeness (QED) is 0.714. The van der Waals surface area contributed by atoms with E-state index in [1.807, 2.05) is 29.3 Å². The Morgan fingerprint density at radius 1 is 1.07 bits per heavy atom. The molecule has 0 unspecified atom stereocenters. The van der Waals surface area contributed by atoms with E-state index in [1.54, 1.807) is 7.11 Å². The Bertz CT molecular complexity index is 1070. The molecule has 0 saturated carbocycles. The lowest BCUT2D eigenvalue weighted by molar-refractivity contribution is 0.351. The molecular formula is C19H21N7O2. The molecule has 0 saturated heterocycles. The number of ether oxygens (including phenoxy) is 2. The third-order valence-corrected chi connectivity index (χ3v) is 4.44. The van der Waals surface area contributed by atoms with E-state index in [4.69, 9.17) is 20.2 Å². The van der Waals surface area contributed by atoms with Crippen LogP contribution in [0, 0.1) is 0 Å². The van der Waals surface area contributed by atoms with Gasteiger partial charge in [-0.15, -0.1) is 0 Å². The van der Waals surface area contributed by atoms with Crippen LogP contribution in [0.4, 0.5) is 17.5 Å². The molecule has 1 aliphatic heterocycles. The summed E-state index contributed by atoms with van der Waals surface area (Å²) in [6.07, 6.45) is 6.30. The van der Waals surface area contributed by atoms with Crippen LogP contribution in [0.1, 0.15) is 24.7 Å². The van der Waals surface area contributed by atoms with Gasteiger partial charge < -0.3 is 15.2 Å². The molecule has 1 aliphatic rings. The topological polar surface area (TPSA) is 112 Å². The lowest BCUT2D eigenvalue weighted by atomic mass is 10.1. The SMILES string of the molecule is CCCc1nc(N)nc2ccc(N3C=CCc4nc(OC)nc(OC)c43)nc12. The number of anilines is 3. The predicted octanol–water partition coefficient (Wildman–Crippen LogP) is 2.57.